The van der Waals surface area contributed by atoms with Gasteiger partial charge in [0.15, 0.2) is 0 Å². The molecule has 2 rings (SSSR count). The molecular formula is C15H19NO3. The van der Waals surface area contributed by atoms with Gasteiger partial charge in [0.25, 0.3) is 0 Å². The molecule has 4 heteroatoms. The van der Waals surface area contributed by atoms with Gasteiger partial charge in [0.05, 0.1) is 19.3 Å². The van der Waals surface area contributed by atoms with Crippen molar-refractivity contribution in [3.8, 4) is 5.75 Å². The highest BCUT2D eigenvalue weighted by Crippen LogP contribution is 2.43. The highest BCUT2D eigenvalue weighted by molar-refractivity contribution is 5.43. The molecule has 1 aromatic rings. The lowest BCUT2D eigenvalue weighted by molar-refractivity contribution is 0.184. The molecular weight excluding hydrogens is 242 g/mol. The fourth-order valence-corrected chi connectivity index (χ4v) is 2.81. The van der Waals surface area contributed by atoms with Gasteiger partial charge in [-0.2, -0.15) is 4.99 Å². The molecule has 0 heterocycles. The van der Waals surface area contributed by atoms with Gasteiger partial charge >= 0.3 is 0 Å². The van der Waals surface area contributed by atoms with Crippen molar-refractivity contribution in [1.82, 2.24) is 0 Å². The third kappa shape index (κ3) is 2.86. The molecule has 4 nitrogen and oxygen atoms in total. The largest absolute Gasteiger partial charge is 0.497 e. The molecule has 0 saturated heterocycles. The van der Waals surface area contributed by atoms with Crippen molar-refractivity contribution in [3.63, 3.8) is 0 Å². The molecule has 0 atom stereocenters. The van der Waals surface area contributed by atoms with Crippen LogP contribution >= 0.6 is 0 Å². The molecule has 1 aromatic carbocycles. The van der Waals surface area contributed by atoms with Crippen molar-refractivity contribution in [3.05, 3.63) is 29.3 Å². The predicted octanol–water partition coefficient (Wildman–Crippen LogP) is 2.95. The Morgan fingerprint density at radius 3 is 2.58 bits per heavy atom. The summed E-state index contributed by atoms with van der Waals surface area (Å²) in [5.41, 5.74) is 1.64. The van der Waals surface area contributed by atoms with E-state index in [4.69, 9.17) is 9.47 Å². The summed E-state index contributed by atoms with van der Waals surface area (Å²) in [6, 6.07) is 5.96. The molecule has 0 unspecified atom stereocenters. The average molecular weight is 261 g/mol. The summed E-state index contributed by atoms with van der Waals surface area (Å²) in [6.07, 6.45) is 5.69. The van der Waals surface area contributed by atoms with E-state index in [1.807, 2.05) is 12.1 Å². The van der Waals surface area contributed by atoms with Crippen LogP contribution in [0.25, 0.3) is 0 Å². The van der Waals surface area contributed by atoms with E-state index in [0.717, 1.165) is 42.6 Å². The third-order valence-electron chi connectivity index (χ3n) is 3.74. The Bertz CT molecular complexity index is 486. The normalized spacial score (nSPS) is 16.9. The Labute approximate surface area is 113 Å². The SMILES string of the molecule is COCc1cc(OC)cc(C2(N=C=O)CCCC2)c1. The summed E-state index contributed by atoms with van der Waals surface area (Å²) in [4.78, 5) is 14.9. The van der Waals surface area contributed by atoms with Crippen LogP contribution in [-0.2, 0) is 21.7 Å². The van der Waals surface area contributed by atoms with E-state index in [9.17, 15) is 4.79 Å². The number of rotatable bonds is 5. The highest BCUT2D eigenvalue weighted by Gasteiger charge is 2.36. The Morgan fingerprint density at radius 1 is 1.26 bits per heavy atom. The lowest BCUT2D eigenvalue weighted by Crippen LogP contribution is -2.19. The summed E-state index contributed by atoms with van der Waals surface area (Å²) in [7, 11) is 3.30. The molecule has 1 fully saturated rings. The van der Waals surface area contributed by atoms with Gasteiger partial charge in [-0.25, -0.2) is 4.79 Å². The molecule has 0 aliphatic heterocycles. The number of hydrogen-bond donors (Lipinski definition) is 0. The monoisotopic (exact) mass is 261 g/mol. The van der Waals surface area contributed by atoms with Gasteiger partial charge in [-0.15, -0.1) is 0 Å². The summed E-state index contributed by atoms with van der Waals surface area (Å²) < 4.78 is 10.5. The lowest BCUT2D eigenvalue weighted by Gasteiger charge is -2.24. The zero-order valence-corrected chi connectivity index (χ0v) is 11.4. The molecule has 0 amide bonds. The predicted molar refractivity (Wildman–Crippen MR) is 72.0 cm³/mol. The number of carbonyl (C=O) groups excluding carboxylic acids is 1. The second-order valence-electron chi connectivity index (χ2n) is 4.94. The zero-order chi connectivity index (χ0) is 13.7. The van der Waals surface area contributed by atoms with Crippen molar-refractivity contribution < 1.29 is 14.3 Å². The molecule has 19 heavy (non-hydrogen) atoms. The van der Waals surface area contributed by atoms with E-state index >= 15 is 0 Å². The summed E-state index contributed by atoms with van der Waals surface area (Å²) in [6.45, 7) is 0.519. The van der Waals surface area contributed by atoms with Crippen LogP contribution in [0.1, 0.15) is 36.8 Å². The van der Waals surface area contributed by atoms with E-state index in [2.05, 4.69) is 11.1 Å². The van der Waals surface area contributed by atoms with Crippen molar-refractivity contribution in [2.75, 3.05) is 14.2 Å². The average Bonchev–Trinajstić information content (AvgIpc) is 2.89. The first-order valence-electron chi connectivity index (χ1n) is 6.50. The van der Waals surface area contributed by atoms with E-state index in [0.29, 0.717) is 6.61 Å². The maximum atomic E-state index is 10.8. The fraction of sp³-hybridized carbons (Fsp3) is 0.533. The Morgan fingerprint density at radius 2 is 2.00 bits per heavy atom. The summed E-state index contributed by atoms with van der Waals surface area (Å²) >= 11 is 0. The molecule has 102 valence electrons. The van der Waals surface area contributed by atoms with Crippen LogP contribution < -0.4 is 4.74 Å². The number of benzene rings is 1. The van der Waals surface area contributed by atoms with Gasteiger partial charge in [0.2, 0.25) is 6.08 Å². The van der Waals surface area contributed by atoms with Gasteiger partial charge in [-0.1, -0.05) is 18.9 Å². The number of isocyanates is 1. The van der Waals surface area contributed by atoms with Gasteiger partial charge in [0, 0.05) is 7.11 Å². The number of ether oxygens (including phenoxy) is 2. The van der Waals surface area contributed by atoms with Crippen molar-refractivity contribution in [2.24, 2.45) is 4.99 Å². The maximum Gasteiger partial charge on any atom is 0.235 e. The second-order valence-corrected chi connectivity index (χ2v) is 4.94. The van der Waals surface area contributed by atoms with Crippen LogP contribution in [0, 0.1) is 0 Å². The van der Waals surface area contributed by atoms with E-state index in [-0.39, 0.29) is 0 Å². The number of nitrogens with zero attached hydrogens (tertiary/aromatic N) is 1. The summed E-state index contributed by atoms with van der Waals surface area (Å²) in [5.74, 6) is 0.775. The van der Waals surface area contributed by atoms with E-state index in [1.54, 1.807) is 20.3 Å². The quantitative estimate of drug-likeness (QED) is 0.604. The molecule has 1 aliphatic carbocycles. The molecule has 0 spiro atoms. The van der Waals surface area contributed by atoms with Crippen LogP contribution in [0.2, 0.25) is 0 Å². The number of methoxy groups -OCH3 is 2. The Balaban J connectivity index is 2.46. The van der Waals surface area contributed by atoms with Gasteiger partial charge in [0.1, 0.15) is 5.75 Å². The molecule has 0 radical (unpaired) electrons. The first-order chi connectivity index (χ1) is 9.24. The number of hydrogen-bond acceptors (Lipinski definition) is 4. The smallest absolute Gasteiger partial charge is 0.235 e. The van der Waals surface area contributed by atoms with Crippen molar-refractivity contribution in [2.45, 2.75) is 37.8 Å². The molecule has 0 bridgehead atoms. The van der Waals surface area contributed by atoms with Crippen LogP contribution in [0.5, 0.6) is 5.75 Å². The standard InChI is InChI=1S/C15H19NO3/c1-18-10-12-7-13(9-14(8-12)19-2)15(16-11-17)5-3-4-6-15/h7-9H,3-6,10H2,1-2H3. The first kappa shape index (κ1) is 13.8. The maximum absolute atomic E-state index is 10.8. The Hall–Kier alpha value is -1.64. The van der Waals surface area contributed by atoms with E-state index in [1.165, 1.54) is 0 Å². The van der Waals surface area contributed by atoms with Crippen molar-refractivity contribution >= 4 is 6.08 Å². The lowest BCUT2D eigenvalue weighted by atomic mass is 9.88. The van der Waals surface area contributed by atoms with Crippen LogP contribution in [0.15, 0.2) is 23.2 Å². The second kappa shape index (κ2) is 6.00. The van der Waals surface area contributed by atoms with Gasteiger partial charge in [-0.3, -0.25) is 0 Å². The molecule has 1 aliphatic rings. The molecule has 0 N–H and O–H groups in total. The van der Waals surface area contributed by atoms with E-state index < -0.39 is 5.54 Å². The highest BCUT2D eigenvalue weighted by atomic mass is 16.5. The third-order valence-corrected chi connectivity index (χ3v) is 3.74. The fourth-order valence-electron chi connectivity index (χ4n) is 2.81. The minimum Gasteiger partial charge on any atom is -0.497 e. The Kier molecular flexibility index (Phi) is 4.35. The first-order valence-corrected chi connectivity index (χ1v) is 6.50. The summed E-state index contributed by atoms with van der Waals surface area (Å²) in [5, 5.41) is 0. The van der Waals surface area contributed by atoms with Crippen LogP contribution in [0.3, 0.4) is 0 Å². The zero-order valence-electron chi connectivity index (χ0n) is 11.4. The molecule has 0 aromatic heterocycles. The van der Waals surface area contributed by atoms with Gasteiger partial charge < -0.3 is 9.47 Å². The van der Waals surface area contributed by atoms with Crippen LogP contribution in [0.4, 0.5) is 0 Å². The number of aliphatic imine (C=N–C) groups is 1. The minimum atomic E-state index is -0.418. The van der Waals surface area contributed by atoms with Gasteiger partial charge in [-0.05, 0) is 36.1 Å². The minimum absolute atomic E-state index is 0.418. The molecule has 1 saturated carbocycles. The van der Waals surface area contributed by atoms with Crippen molar-refractivity contribution in [1.29, 1.82) is 0 Å². The van der Waals surface area contributed by atoms with Crippen LogP contribution in [-0.4, -0.2) is 20.3 Å². The topological polar surface area (TPSA) is 47.9 Å².